The van der Waals surface area contributed by atoms with Crippen LogP contribution in [-0.2, 0) is 16.2 Å². The van der Waals surface area contributed by atoms with Crippen LogP contribution in [0.4, 0.5) is 5.69 Å². The Morgan fingerprint density at radius 3 is 2.35 bits per heavy atom. The molecule has 34 heavy (non-hydrogen) atoms. The van der Waals surface area contributed by atoms with E-state index in [0.29, 0.717) is 18.1 Å². The molecule has 0 aliphatic heterocycles. The highest BCUT2D eigenvalue weighted by Gasteiger charge is 2.18. The van der Waals surface area contributed by atoms with E-state index in [2.05, 4.69) is 15.6 Å². The fraction of sp³-hybridized carbons (Fsp3) is 0.269. The lowest BCUT2D eigenvalue weighted by atomic mass is 10.1. The first-order chi connectivity index (χ1) is 16.4. The van der Waals surface area contributed by atoms with Gasteiger partial charge in [-0.1, -0.05) is 6.07 Å². The number of nitrogens with zero attached hydrogens (tertiary/aromatic N) is 1. The van der Waals surface area contributed by atoms with E-state index in [0.717, 1.165) is 21.7 Å². The fourth-order valence-corrected chi connectivity index (χ4v) is 4.08. The molecule has 2 N–H and O–H groups in total. The summed E-state index contributed by atoms with van der Waals surface area (Å²) in [5.41, 5.74) is 2.65. The molecule has 0 saturated carbocycles. The van der Waals surface area contributed by atoms with Gasteiger partial charge >= 0.3 is 0 Å². The number of hydrogen-bond acceptors (Lipinski definition) is 6. The van der Waals surface area contributed by atoms with Gasteiger partial charge in [-0.25, -0.2) is 0 Å². The first-order valence-corrected chi connectivity index (χ1v) is 11.8. The summed E-state index contributed by atoms with van der Waals surface area (Å²) in [5, 5.41) is 5.50. The van der Waals surface area contributed by atoms with E-state index < -0.39 is 0 Å². The summed E-state index contributed by atoms with van der Waals surface area (Å²) >= 11 is 1.46. The molecule has 1 heterocycles. The first kappa shape index (κ1) is 25.1. The highest BCUT2D eigenvalue weighted by atomic mass is 32.2. The number of aromatic nitrogens is 1. The maximum atomic E-state index is 12.8. The summed E-state index contributed by atoms with van der Waals surface area (Å²) in [5.74, 6) is 1.05. The van der Waals surface area contributed by atoms with Crippen molar-refractivity contribution < 1.29 is 19.1 Å². The maximum Gasteiger partial charge on any atom is 0.233 e. The number of pyridine rings is 1. The molecule has 0 radical (unpaired) electrons. The molecule has 178 valence electrons. The number of hydrogen-bond donors (Lipinski definition) is 2. The molecule has 0 fully saturated rings. The second kappa shape index (κ2) is 12.1. The minimum atomic E-state index is -0.293. The number of amides is 2. The molecule has 0 saturated heterocycles. The average Bonchev–Trinajstić information content (AvgIpc) is 2.84. The van der Waals surface area contributed by atoms with Crippen molar-refractivity contribution in [2.24, 2.45) is 0 Å². The predicted molar refractivity (Wildman–Crippen MR) is 134 cm³/mol. The van der Waals surface area contributed by atoms with Crippen LogP contribution >= 0.6 is 11.8 Å². The van der Waals surface area contributed by atoms with E-state index >= 15 is 0 Å². The van der Waals surface area contributed by atoms with Crippen molar-refractivity contribution in [2.45, 2.75) is 43.6 Å². The zero-order valence-electron chi connectivity index (χ0n) is 19.7. The number of thioether (sulfide) groups is 1. The Bertz CT molecular complexity index is 1110. The summed E-state index contributed by atoms with van der Waals surface area (Å²) in [7, 11) is 1.59. The Morgan fingerprint density at radius 1 is 1.00 bits per heavy atom. The standard InChI is InChI=1S/C26H29N3O4S/c1-17(28-26(31)18(2)34-23-8-6-22(7-9-23)29-19(3)30)21-5-10-24(25(15-21)32-4)33-16-20-11-13-27-14-12-20/h5-15,17-18H,16H2,1-4H3,(H,28,31)(H,29,30). The van der Waals surface area contributed by atoms with Crippen LogP contribution in [0.3, 0.4) is 0 Å². The molecule has 7 nitrogen and oxygen atoms in total. The smallest absolute Gasteiger partial charge is 0.233 e. The van der Waals surface area contributed by atoms with Crippen molar-refractivity contribution in [1.29, 1.82) is 0 Å². The molecular formula is C26H29N3O4S. The molecule has 3 rings (SSSR count). The summed E-state index contributed by atoms with van der Waals surface area (Å²) in [6.45, 7) is 5.68. The van der Waals surface area contributed by atoms with Gasteiger partial charge in [-0.2, -0.15) is 0 Å². The van der Waals surface area contributed by atoms with E-state index in [4.69, 9.17) is 9.47 Å². The molecule has 8 heteroatoms. The molecule has 1 aromatic heterocycles. The van der Waals surface area contributed by atoms with E-state index in [1.165, 1.54) is 18.7 Å². The second-order valence-corrected chi connectivity index (χ2v) is 9.16. The van der Waals surface area contributed by atoms with Gasteiger partial charge in [0.1, 0.15) is 6.61 Å². The Labute approximate surface area is 204 Å². The van der Waals surface area contributed by atoms with Crippen LogP contribution in [0.2, 0.25) is 0 Å². The molecule has 2 atom stereocenters. The van der Waals surface area contributed by atoms with E-state index in [1.54, 1.807) is 19.5 Å². The van der Waals surface area contributed by atoms with Crippen LogP contribution in [0.5, 0.6) is 11.5 Å². The normalized spacial score (nSPS) is 12.4. The van der Waals surface area contributed by atoms with Gasteiger partial charge in [-0.3, -0.25) is 14.6 Å². The van der Waals surface area contributed by atoms with Gasteiger partial charge in [-0.05, 0) is 73.5 Å². The van der Waals surface area contributed by atoms with Gasteiger partial charge in [0.15, 0.2) is 11.5 Å². The highest BCUT2D eigenvalue weighted by Crippen LogP contribution is 2.31. The van der Waals surface area contributed by atoms with Gasteiger partial charge in [0, 0.05) is 29.9 Å². The number of rotatable bonds is 10. The molecule has 2 amide bonds. The van der Waals surface area contributed by atoms with Crippen molar-refractivity contribution in [1.82, 2.24) is 10.3 Å². The van der Waals surface area contributed by atoms with E-state index in [-0.39, 0.29) is 23.1 Å². The van der Waals surface area contributed by atoms with Gasteiger partial charge in [0.05, 0.1) is 18.4 Å². The third-order valence-corrected chi connectivity index (χ3v) is 6.16. The molecule has 2 aromatic carbocycles. The maximum absolute atomic E-state index is 12.8. The molecule has 0 aliphatic rings. The number of methoxy groups -OCH3 is 1. The van der Waals surface area contributed by atoms with E-state index in [1.807, 2.05) is 68.4 Å². The summed E-state index contributed by atoms with van der Waals surface area (Å²) in [6.07, 6.45) is 3.45. The quantitative estimate of drug-likeness (QED) is 0.399. The van der Waals surface area contributed by atoms with Gasteiger partial charge in [0.2, 0.25) is 11.8 Å². The molecule has 0 bridgehead atoms. The van der Waals surface area contributed by atoms with Gasteiger partial charge < -0.3 is 20.1 Å². The predicted octanol–water partition coefficient (Wildman–Crippen LogP) is 4.99. The molecule has 0 spiro atoms. The van der Waals surface area contributed by atoms with Crippen LogP contribution in [0.25, 0.3) is 0 Å². The highest BCUT2D eigenvalue weighted by molar-refractivity contribution is 8.00. The van der Waals surface area contributed by atoms with Crippen molar-refractivity contribution in [2.75, 3.05) is 12.4 Å². The topological polar surface area (TPSA) is 89.6 Å². The van der Waals surface area contributed by atoms with Crippen LogP contribution in [-0.4, -0.2) is 29.2 Å². The van der Waals surface area contributed by atoms with Crippen molar-refractivity contribution >= 4 is 29.3 Å². The van der Waals surface area contributed by atoms with Crippen molar-refractivity contribution in [3.8, 4) is 11.5 Å². The van der Waals surface area contributed by atoms with Crippen LogP contribution in [0.15, 0.2) is 71.9 Å². The Hall–Kier alpha value is -3.52. The molecule has 3 aromatic rings. The average molecular weight is 480 g/mol. The van der Waals surface area contributed by atoms with E-state index in [9.17, 15) is 9.59 Å². The zero-order valence-corrected chi connectivity index (χ0v) is 20.5. The summed E-state index contributed by atoms with van der Waals surface area (Å²) in [6, 6.07) is 16.7. The minimum absolute atomic E-state index is 0.0691. The molecule has 2 unspecified atom stereocenters. The summed E-state index contributed by atoms with van der Waals surface area (Å²) in [4.78, 5) is 28.9. The number of benzene rings is 2. The number of carbonyl (C=O) groups is 2. The van der Waals surface area contributed by atoms with Crippen LogP contribution < -0.4 is 20.1 Å². The van der Waals surface area contributed by atoms with Crippen LogP contribution in [0, 0.1) is 0 Å². The number of nitrogens with one attached hydrogen (secondary N) is 2. The Kier molecular flexibility index (Phi) is 8.93. The number of ether oxygens (including phenoxy) is 2. The van der Waals surface area contributed by atoms with Crippen LogP contribution in [0.1, 0.15) is 37.9 Å². The van der Waals surface area contributed by atoms with Crippen molar-refractivity contribution in [3.05, 3.63) is 78.1 Å². The third kappa shape index (κ3) is 7.25. The Balaban J connectivity index is 1.57. The third-order valence-electron chi connectivity index (χ3n) is 5.05. The number of carbonyl (C=O) groups excluding carboxylic acids is 2. The Morgan fingerprint density at radius 2 is 1.71 bits per heavy atom. The lowest BCUT2D eigenvalue weighted by molar-refractivity contribution is -0.121. The zero-order chi connectivity index (χ0) is 24.5. The fourth-order valence-electron chi connectivity index (χ4n) is 3.20. The monoisotopic (exact) mass is 479 g/mol. The van der Waals surface area contributed by atoms with Gasteiger partial charge in [0.25, 0.3) is 0 Å². The minimum Gasteiger partial charge on any atom is -0.493 e. The second-order valence-electron chi connectivity index (χ2n) is 7.75. The largest absolute Gasteiger partial charge is 0.493 e. The SMILES string of the molecule is COc1cc(C(C)NC(=O)C(C)Sc2ccc(NC(C)=O)cc2)ccc1OCc1ccncc1. The lowest BCUT2D eigenvalue weighted by Gasteiger charge is -2.19. The summed E-state index contributed by atoms with van der Waals surface area (Å²) < 4.78 is 11.4. The van der Waals surface area contributed by atoms with Crippen molar-refractivity contribution in [3.63, 3.8) is 0 Å². The number of anilines is 1. The lowest BCUT2D eigenvalue weighted by Crippen LogP contribution is -2.33. The molecular weight excluding hydrogens is 450 g/mol. The van der Waals surface area contributed by atoms with Gasteiger partial charge in [-0.15, -0.1) is 11.8 Å². The molecule has 0 aliphatic carbocycles. The first-order valence-electron chi connectivity index (χ1n) is 10.9.